The first kappa shape index (κ1) is 20.5. The Morgan fingerprint density at radius 1 is 0.909 bits per heavy atom. The topological polar surface area (TPSA) is 76.0 Å². The second-order valence-corrected chi connectivity index (χ2v) is 7.74. The average Bonchev–Trinajstić information content (AvgIpc) is 2.86. The van der Waals surface area contributed by atoms with Gasteiger partial charge in [-0.1, -0.05) is 48.6 Å². The molecule has 2 heterocycles. The molecule has 6 nitrogen and oxygen atoms in total. The van der Waals surface area contributed by atoms with Gasteiger partial charge in [-0.15, -0.1) is 0 Å². The van der Waals surface area contributed by atoms with Crippen LogP contribution < -0.4 is 16.1 Å². The third-order valence-corrected chi connectivity index (χ3v) is 5.44. The van der Waals surface area contributed by atoms with Crippen molar-refractivity contribution in [3.05, 3.63) is 113 Å². The van der Waals surface area contributed by atoms with Crippen molar-refractivity contribution in [3.8, 4) is 0 Å². The van der Waals surface area contributed by atoms with Crippen LogP contribution in [0, 0.1) is 0 Å². The predicted octanol–water partition coefficient (Wildman–Crippen LogP) is 5.58. The Hall–Kier alpha value is -4.45. The van der Waals surface area contributed by atoms with Gasteiger partial charge in [0.15, 0.2) is 5.43 Å². The SMILES string of the molecule is O=C(Nc1ccccc1)c1cc2c(cn1)c(=O)cc(Nc1ccccc1)n2C1=CCCC=C1. The van der Waals surface area contributed by atoms with Crippen LogP contribution >= 0.6 is 0 Å². The van der Waals surface area contributed by atoms with E-state index < -0.39 is 0 Å². The highest BCUT2D eigenvalue weighted by Gasteiger charge is 2.16. The number of benzene rings is 2. The zero-order chi connectivity index (χ0) is 22.6. The summed E-state index contributed by atoms with van der Waals surface area (Å²) in [4.78, 5) is 30.1. The first-order valence-corrected chi connectivity index (χ1v) is 10.8. The predicted molar refractivity (Wildman–Crippen MR) is 133 cm³/mol. The third kappa shape index (κ3) is 4.32. The number of anilines is 3. The number of hydrogen-bond donors (Lipinski definition) is 2. The summed E-state index contributed by atoms with van der Waals surface area (Å²) in [5, 5.41) is 6.67. The molecule has 1 amide bonds. The fourth-order valence-corrected chi connectivity index (χ4v) is 3.86. The van der Waals surface area contributed by atoms with Crippen LogP contribution in [0.2, 0.25) is 0 Å². The normalized spacial score (nSPS) is 12.9. The molecule has 1 aliphatic rings. The summed E-state index contributed by atoms with van der Waals surface area (Å²) in [7, 11) is 0. The Labute approximate surface area is 190 Å². The van der Waals surface area contributed by atoms with E-state index in [0.29, 0.717) is 22.4 Å². The molecule has 33 heavy (non-hydrogen) atoms. The molecule has 0 fully saturated rings. The molecule has 1 aliphatic carbocycles. The number of fused-ring (bicyclic) bond motifs is 1. The molecule has 2 aromatic heterocycles. The minimum atomic E-state index is -0.336. The minimum Gasteiger partial charge on any atom is -0.341 e. The van der Waals surface area contributed by atoms with E-state index >= 15 is 0 Å². The van der Waals surface area contributed by atoms with E-state index in [1.54, 1.807) is 12.1 Å². The summed E-state index contributed by atoms with van der Waals surface area (Å²) in [6.45, 7) is 0. The molecule has 0 atom stereocenters. The standard InChI is InChI=1S/C27H22N4O2/c32-25-17-26(29-19-10-4-1-5-11-19)31(21-14-8-3-9-15-21)24-16-23(28-18-22(24)25)27(33)30-20-12-6-2-7-13-20/h1-2,4-8,10-18,29H,3,9H2,(H,30,33). The number of aromatic nitrogens is 2. The van der Waals surface area contributed by atoms with Crippen molar-refractivity contribution in [2.45, 2.75) is 12.8 Å². The summed E-state index contributed by atoms with van der Waals surface area (Å²) in [6, 6.07) is 22.1. The molecule has 162 valence electrons. The van der Waals surface area contributed by atoms with Gasteiger partial charge >= 0.3 is 0 Å². The quantitative estimate of drug-likeness (QED) is 0.430. The van der Waals surface area contributed by atoms with Gasteiger partial charge in [-0.25, -0.2) is 0 Å². The third-order valence-electron chi connectivity index (χ3n) is 5.44. The van der Waals surface area contributed by atoms with E-state index in [2.05, 4.69) is 27.8 Å². The molecule has 0 saturated carbocycles. The molecule has 2 N–H and O–H groups in total. The first-order valence-electron chi connectivity index (χ1n) is 10.8. The lowest BCUT2D eigenvalue weighted by Gasteiger charge is -2.20. The summed E-state index contributed by atoms with van der Waals surface area (Å²) in [5.41, 5.74) is 3.16. The Morgan fingerprint density at radius 2 is 1.64 bits per heavy atom. The fourth-order valence-electron chi connectivity index (χ4n) is 3.86. The smallest absolute Gasteiger partial charge is 0.274 e. The van der Waals surface area contributed by atoms with Gasteiger partial charge in [0, 0.05) is 29.3 Å². The van der Waals surface area contributed by atoms with Gasteiger partial charge in [-0.3, -0.25) is 19.1 Å². The van der Waals surface area contributed by atoms with Crippen LogP contribution in [0.1, 0.15) is 23.3 Å². The molecule has 6 heteroatoms. The molecule has 0 radical (unpaired) electrons. The number of allylic oxidation sites excluding steroid dienone is 4. The van der Waals surface area contributed by atoms with Crippen LogP contribution in [-0.4, -0.2) is 15.5 Å². The van der Waals surface area contributed by atoms with Gasteiger partial charge < -0.3 is 10.6 Å². The van der Waals surface area contributed by atoms with Gasteiger partial charge in [0.1, 0.15) is 11.5 Å². The monoisotopic (exact) mass is 434 g/mol. The molecule has 0 saturated heterocycles. The molecular formula is C27H22N4O2. The Morgan fingerprint density at radius 3 is 2.33 bits per heavy atom. The summed E-state index contributed by atoms with van der Waals surface area (Å²) in [6.07, 6.45) is 9.62. The maximum Gasteiger partial charge on any atom is 0.274 e. The average molecular weight is 434 g/mol. The molecule has 0 unspecified atom stereocenters. The van der Waals surface area contributed by atoms with Crippen LogP contribution in [0.3, 0.4) is 0 Å². The van der Waals surface area contributed by atoms with Crippen molar-refractivity contribution in [2.24, 2.45) is 0 Å². The second kappa shape index (κ2) is 8.96. The fraction of sp³-hybridized carbons (Fsp3) is 0.0741. The zero-order valence-electron chi connectivity index (χ0n) is 17.9. The molecule has 0 aliphatic heterocycles. The maximum absolute atomic E-state index is 13.0. The lowest BCUT2D eigenvalue weighted by atomic mass is 10.1. The summed E-state index contributed by atoms with van der Waals surface area (Å²) >= 11 is 0. The number of para-hydroxylation sites is 2. The maximum atomic E-state index is 13.0. The van der Waals surface area contributed by atoms with E-state index in [-0.39, 0.29) is 17.0 Å². The Balaban J connectivity index is 1.65. The molecule has 2 aromatic carbocycles. The number of hydrogen-bond acceptors (Lipinski definition) is 4. The van der Waals surface area contributed by atoms with E-state index in [9.17, 15) is 9.59 Å². The molecular weight excluding hydrogens is 412 g/mol. The van der Waals surface area contributed by atoms with Crippen molar-refractivity contribution < 1.29 is 4.79 Å². The highest BCUT2D eigenvalue weighted by atomic mass is 16.1. The van der Waals surface area contributed by atoms with Crippen LogP contribution in [-0.2, 0) is 0 Å². The Kier molecular flexibility index (Phi) is 5.55. The van der Waals surface area contributed by atoms with Gasteiger partial charge in [-0.05, 0) is 49.2 Å². The molecule has 0 bridgehead atoms. The number of rotatable bonds is 5. The number of nitrogens with zero attached hydrogens (tertiary/aromatic N) is 2. The van der Waals surface area contributed by atoms with Crippen molar-refractivity contribution in [1.29, 1.82) is 0 Å². The van der Waals surface area contributed by atoms with Crippen LogP contribution in [0.5, 0.6) is 0 Å². The van der Waals surface area contributed by atoms with Crippen molar-refractivity contribution >= 4 is 39.7 Å². The van der Waals surface area contributed by atoms with Crippen LogP contribution in [0.15, 0.2) is 102 Å². The second-order valence-electron chi connectivity index (χ2n) is 7.74. The van der Waals surface area contributed by atoms with Crippen molar-refractivity contribution in [2.75, 3.05) is 10.6 Å². The van der Waals surface area contributed by atoms with E-state index in [1.165, 1.54) is 6.20 Å². The van der Waals surface area contributed by atoms with Crippen LogP contribution in [0.4, 0.5) is 17.2 Å². The Bertz CT molecular complexity index is 1440. The van der Waals surface area contributed by atoms with Gasteiger partial charge in [0.25, 0.3) is 5.91 Å². The lowest BCUT2D eigenvalue weighted by Crippen LogP contribution is -2.17. The minimum absolute atomic E-state index is 0.164. The summed E-state index contributed by atoms with van der Waals surface area (Å²) < 4.78 is 1.97. The van der Waals surface area contributed by atoms with Crippen LogP contribution in [0.25, 0.3) is 16.6 Å². The summed E-state index contributed by atoms with van der Waals surface area (Å²) in [5.74, 6) is 0.286. The highest BCUT2D eigenvalue weighted by molar-refractivity contribution is 6.04. The number of carbonyl (C=O) groups excluding carboxylic acids is 1. The number of pyridine rings is 2. The molecule has 5 rings (SSSR count). The van der Waals surface area contributed by atoms with Gasteiger partial charge in [0.2, 0.25) is 0 Å². The number of amides is 1. The molecule has 4 aromatic rings. The van der Waals surface area contributed by atoms with Gasteiger partial charge in [-0.2, -0.15) is 0 Å². The van der Waals surface area contributed by atoms with E-state index in [4.69, 9.17) is 0 Å². The number of nitrogens with one attached hydrogen (secondary N) is 2. The zero-order valence-corrected chi connectivity index (χ0v) is 17.9. The number of carbonyl (C=O) groups is 1. The van der Waals surface area contributed by atoms with E-state index in [1.807, 2.05) is 71.3 Å². The molecule has 0 spiro atoms. The van der Waals surface area contributed by atoms with Crippen molar-refractivity contribution in [1.82, 2.24) is 9.55 Å². The van der Waals surface area contributed by atoms with Crippen molar-refractivity contribution in [3.63, 3.8) is 0 Å². The van der Waals surface area contributed by atoms with E-state index in [0.717, 1.165) is 24.2 Å². The largest absolute Gasteiger partial charge is 0.341 e. The first-order chi connectivity index (χ1) is 16.2. The highest BCUT2D eigenvalue weighted by Crippen LogP contribution is 2.27. The van der Waals surface area contributed by atoms with Gasteiger partial charge in [0.05, 0.1) is 10.9 Å². The lowest BCUT2D eigenvalue weighted by molar-refractivity contribution is 0.102.